The molecule has 0 saturated heterocycles. The lowest BCUT2D eigenvalue weighted by Crippen LogP contribution is -2.21. The van der Waals surface area contributed by atoms with Crippen molar-refractivity contribution < 1.29 is 37.3 Å². The molecule has 6 nitrogen and oxygen atoms in total. The van der Waals surface area contributed by atoms with Crippen LogP contribution in [-0.4, -0.2) is 30.3 Å². The fraction of sp³-hybridized carbons (Fsp3) is 0.419. The summed E-state index contributed by atoms with van der Waals surface area (Å²) in [5, 5.41) is 9.49. The predicted octanol–water partition coefficient (Wildman–Crippen LogP) is 6.78. The molecule has 0 aliphatic heterocycles. The summed E-state index contributed by atoms with van der Waals surface area (Å²) in [6.07, 6.45) is 1.65. The number of methoxy groups -OCH3 is 2. The van der Waals surface area contributed by atoms with E-state index in [0.717, 1.165) is 12.3 Å². The van der Waals surface area contributed by atoms with Crippen molar-refractivity contribution in [2.24, 2.45) is 11.3 Å². The Morgan fingerprint density at radius 3 is 2.50 bits per heavy atom. The third-order valence-electron chi connectivity index (χ3n) is 8.12. The average Bonchev–Trinajstić information content (AvgIpc) is 3.50. The van der Waals surface area contributed by atoms with E-state index in [4.69, 9.17) is 14.2 Å². The van der Waals surface area contributed by atoms with E-state index in [1.165, 1.54) is 13.2 Å². The Kier molecular flexibility index (Phi) is 7.06. The van der Waals surface area contributed by atoms with Crippen molar-refractivity contribution in [2.45, 2.75) is 58.2 Å². The van der Waals surface area contributed by atoms with Gasteiger partial charge in [-0.2, -0.15) is 0 Å². The van der Waals surface area contributed by atoms with Gasteiger partial charge in [-0.3, -0.25) is 4.79 Å². The molecule has 3 atom stereocenters. The van der Waals surface area contributed by atoms with Gasteiger partial charge in [0.1, 0.15) is 18.2 Å². The maximum atomic E-state index is 15.7. The summed E-state index contributed by atoms with van der Waals surface area (Å²) in [6.45, 7) is 5.90. The van der Waals surface area contributed by atoms with Gasteiger partial charge in [0.2, 0.25) is 5.88 Å². The van der Waals surface area contributed by atoms with Crippen LogP contribution >= 0.6 is 0 Å². The Labute approximate surface area is 231 Å². The van der Waals surface area contributed by atoms with Crippen molar-refractivity contribution in [3.8, 4) is 22.8 Å². The molecule has 0 unspecified atom stereocenters. The smallest absolute Gasteiger partial charge is 0.307 e. The molecule has 1 saturated carbocycles. The molecule has 2 aromatic carbocycles. The molecule has 40 heavy (non-hydrogen) atoms. The fourth-order valence-electron chi connectivity index (χ4n) is 6.17. The highest BCUT2D eigenvalue weighted by atomic mass is 19.1. The van der Waals surface area contributed by atoms with Crippen LogP contribution in [-0.2, 0) is 28.0 Å². The number of ether oxygens (including phenoxy) is 3. The van der Waals surface area contributed by atoms with Crippen LogP contribution in [0.1, 0.15) is 62.0 Å². The highest BCUT2D eigenvalue weighted by molar-refractivity contribution is 5.78. The molecule has 1 heterocycles. The summed E-state index contributed by atoms with van der Waals surface area (Å²) < 4.78 is 62.5. The van der Waals surface area contributed by atoms with Crippen molar-refractivity contribution in [2.75, 3.05) is 14.2 Å². The predicted molar refractivity (Wildman–Crippen MR) is 142 cm³/mol. The minimum absolute atomic E-state index is 0.0967. The van der Waals surface area contributed by atoms with Crippen LogP contribution in [0.2, 0.25) is 0 Å². The number of aliphatic carboxylic acids is 1. The molecule has 2 aliphatic rings. The maximum absolute atomic E-state index is 15.7. The second kappa shape index (κ2) is 10.1. The van der Waals surface area contributed by atoms with E-state index < -0.39 is 40.9 Å². The Hall–Kier alpha value is -3.59. The molecule has 212 valence electrons. The lowest BCUT2D eigenvalue weighted by atomic mass is 9.81. The Morgan fingerprint density at radius 1 is 1.12 bits per heavy atom. The first-order valence-corrected chi connectivity index (χ1v) is 13.1. The molecule has 1 fully saturated rings. The fourth-order valence-corrected chi connectivity index (χ4v) is 6.17. The summed E-state index contributed by atoms with van der Waals surface area (Å²) in [5.74, 6) is -3.55. The molecule has 1 aromatic heterocycles. The van der Waals surface area contributed by atoms with Crippen LogP contribution < -0.4 is 9.47 Å². The second-order valence-corrected chi connectivity index (χ2v) is 11.7. The zero-order valence-electron chi connectivity index (χ0n) is 23.1. The van der Waals surface area contributed by atoms with Gasteiger partial charge in [-0.1, -0.05) is 32.9 Å². The summed E-state index contributed by atoms with van der Waals surface area (Å²) >= 11 is 0. The van der Waals surface area contributed by atoms with Crippen LogP contribution in [0.25, 0.3) is 11.1 Å². The average molecular weight is 556 g/mol. The van der Waals surface area contributed by atoms with Crippen molar-refractivity contribution >= 4 is 5.97 Å². The number of carboxylic acid groups (broad SMARTS) is 1. The Bertz CT molecular complexity index is 1480. The highest BCUT2D eigenvalue weighted by Crippen LogP contribution is 2.63. The normalized spacial score (nSPS) is 20.4. The van der Waals surface area contributed by atoms with Gasteiger partial charge >= 0.3 is 5.97 Å². The number of carboxylic acids is 1. The summed E-state index contributed by atoms with van der Waals surface area (Å²) in [7, 11) is 3.03. The molecule has 1 spiro atoms. The zero-order chi connectivity index (χ0) is 29.0. The number of halogens is 3. The molecule has 3 aromatic rings. The first-order chi connectivity index (χ1) is 18.9. The Morgan fingerprint density at radius 2 is 1.88 bits per heavy atom. The number of carbonyl (C=O) groups is 1. The molecule has 0 amide bonds. The number of benzene rings is 2. The van der Waals surface area contributed by atoms with E-state index in [1.807, 2.05) is 26.8 Å². The minimum Gasteiger partial charge on any atom is -0.486 e. The minimum atomic E-state index is -0.999. The third kappa shape index (κ3) is 4.70. The van der Waals surface area contributed by atoms with Crippen molar-refractivity contribution in [3.05, 3.63) is 76.2 Å². The molecule has 5 rings (SSSR count). The number of nitrogens with zero attached hydrogens (tertiary/aromatic N) is 1. The molecular formula is C31H32F3NO5. The molecule has 2 aliphatic carbocycles. The van der Waals surface area contributed by atoms with E-state index >= 15 is 4.39 Å². The van der Waals surface area contributed by atoms with E-state index in [2.05, 4.69) is 4.98 Å². The standard InChI is InChI=1S/C31H32F3NO5/c1-30(2,3)28(39-5)20-10-16(6-7-17(20)19-11-25(38-4)35-14-23(19)33)15-40-24-12-22(32)18-8-9-31(26(18)27(24)34)13-21(31)29(36)37/h6-7,10-12,14,21,28H,8-9,13,15H2,1-5H3,(H,36,37)/t21-,28-,31+/m0/s1. The third-order valence-corrected chi connectivity index (χ3v) is 8.12. The van der Waals surface area contributed by atoms with E-state index in [-0.39, 0.29) is 40.3 Å². The number of aromatic nitrogens is 1. The largest absolute Gasteiger partial charge is 0.486 e. The lowest BCUT2D eigenvalue weighted by Gasteiger charge is -2.32. The van der Waals surface area contributed by atoms with Crippen molar-refractivity contribution in [1.82, 2.24) is 4.98 Å². The van der Waals surface area contributed by atoms with Gasteiger partial charge in [0, 0.05) is 35.8 Å². The van der Waals surface area contributed by atoms with Crippen LogP contribution in [0.4, 0.5) is 13.2 Å². The van der Waals surface area contributed by atoms with Crippen molar-refractivity contribution in [1.29, 1.82) is 0 Å². The summed E-state index contributed by atoms with van der Waals surface area (Å²) in [5.41, 5.74) is 1.33. The first kappa shape index (κ1) is 28.0. The van der Waals surface area contributed by atoms with Gasteiger partial charge < -0.3 is 19.3 Å². The molecular weight excluding hydrogens is 523 g/mol. The maximum Gasteiger partial charge on any atom is 0.307 e. The molecule has 9 heteroatoms. The van der Waals surface area contributed by atoms with Gasteiger partial charge in [-0.05, 0) is 53.0 Å². The van der Waals surface area contributed by atoms with E-state index in [9.17, 15) is 18.7 Å². The number of hydrogen-bond donors (Lipinski definition) is 1. The van der Waals surface area contributed by atoms with Gasteiger partial charge in [0.25, 0.3) is 0 Å². The Balaban J connectivity index is 1.51. The van der Waals surface area contributed by atoms with Gasteiger partial charge in [-0.15, -0.1) is 0 Å². The first-order valence-electron chi connectivity index (χ1n) is 13.1. The second-order valence-electron chi connectivity index (χ2n) is 11.7. The SMILES string of the molecule is COc1cc(-c2ccc(COc3cc(F)c4c(c3F)[C@]3(CC4)C[C@H]3C(=O)O)cc2[C@H](OC)C(C)(C)C)c(F)cn1. The highest BCUT2D eigenvalue weighted by Gasteiger charge is 2.63. The summed E-state index contributed by atoms with van der Waals surface area (Å²) in [6, 6.07) is 7.82. The number of rotatable bonds is 8. The number of fused-ring (bicyclic) bond motifs is 2. The van der Waals surface area contributed by atoms with Crippen LogP contribution in [0.5, 0.6) is 11.6 Å². The zero-order valence-corrected chi connectivity index (χ0v) is 23.1. The monoisotopic (exact) mass is 555 g/mol. The van der Waals surface area contributed by atoms with E-state index in [1.54, 1.807) is 19.2 Å². The van der Waals surface area contributed by atoms with Gasteiger partial charge in [0.05, 0.1) is 25.3 Å². The van der Waals surface area contributed by atoms with Crippen LogP contribution in [0, 0.1) is 28.8 Å². The number of hydrogen-bond acceptors (Lipinski definition) is 5. The molecule has 1 N–H and O–H groups in total. The topological polar surface area (TPSA) is 77.9 Å². The lowest BCUT2D eigenvalue weighted by molar-refractivity contribution is -0.139. The summed E-state index contributed by atoms with van der Waals surface area (Å²) in [4.78, 5) is 15.5. The molecule has 0 radical (unpaired) electrons. The van der Waals surface area contributed by atoms with Crippen molar-refractivity contribution in [3.63, 3.8) is 0 Å². The van der Waals surface area contributed by atoms with Gasteiger partial charge in [-0.25, -0.2) is 18.2 Å². The quantitative estimate of drug-likeness (QED) is 0.330. The van der Waals surface area contributed by atoms with Crippen LogP contribution in [0.15, 0.2) is 36.5 Å². The van der Waals surface area contributed by atoms with Gasteiger partial charge in [0.15, 0.2) is 11.6 Å². The van der Waals surface area contributed by atoms with E-state index in [0.29, 0.717) is 36.0 Å². The number of pyridine rings is 1. The molecule has 0 bridgehead atoms. The van der Waals surface area contributed by atoms with Crippen LogP contribution in [0.3, 0.4) is 0 Å².